The molecule has 110 valence electrons. The first kappa shape index (κ1) is 14.3. The van der Waals surface area contributed by atoms with E-state index in [4.69, 9.17) is 0 Å². The molecule has 2 heterocycles. The number of carbonyl (C=O) groups is 1. The maximum atomic E-state index is 13.1. The summed E-state index contributed by atoms with van der Waals surface area (Å²) in [6.45, 7) is 1.87. The Balaban J connectivity index is 2.19. The van der Waals surface area contributed by atoms with Crippen molar-refractivity contribution in [3.8, 4) is 0 Å². The number of carbonyl (C=O) groups excluding carboxylic acids is 1. The molecule has 1 atom stereocenters. The summed E-state index contributed by atoms with van der Waals surface area (Å²) in [4.78, 5) is 10.8. The van der Waals surface area contributed by atoms with E-state index >= 15 is 0 Å². The molecule has 1 aromatic rings. The lowest BCUT2D eigenvalue weighted by Gasteiger charge is -2.28. The largest absolute Gasteiger partial charge is 0.435 e. The highest BCUT2D eigenvalue weighted by molar-refractivity contribution is 8.20. The summed E-state index contributed by atoms with van der Waals surface area (Å²) < 4.78 is 40.3. The molecule has 2 aliphatic rings. The number of rotatable bonds is 2. The van der Waals surface area contributed by atoms with Gasteiger partial charge in [0.25, 0.3) is 0 Å². The van der Waals surface area contributed by atoms with Crippen molar-refractivity contribution >= 4 is 29.8 Å². The van der Waals surface area contributed by atoms with Crippen molar-refractivity contribution in [2.24, 2.45) is 5.92 Å². The number of hydrogen-bond donors (Lipinski definition) is 0. The molecule has 3 nitrogen and oxygen atoms in total. The van der Waals surface area contributed by atoms with Gasteiger partial charge in [-0.1, -0.05) is 6.92 Å². The Bertz CT molecular complexity index is 550. The highest BCUT2D eigenvalue weighted by atomic mass is 32.2. The van der Waals surface area contributed by atoms with Crippen LogP contribution in [0.4, 0.5) is 13.2 Å². The number of halogens is 3. The summed E-state index contributed by atoms with van der Waals surface area (Å²) in [6.07, 6.45) is -3.48. The van der Waals surface area contributed by atoms with E-state index in [9.17, 15) is 18.0 Å². The first-order valence-corrected chi connectivity index (χ1v) is 8.26. The molecule has 1 aliphatic heterocycles. The summed E-state index contributed by atoms with van der Waals surface area (Å²) in [5.74, 6) is 1.96. The fourth-order valence-corrected chi connectivity index (χ4v) is 6.61. The first-order valence-electron chi connectivity index (χ1n) is 6.29. The molecule has 0 aromatic carbocycles. The second-order valence-electron chi connectivity index (χ2n) is 4.99. The predicted octanol–water partition coefficient (Wildman–Crippen LogP) is 2.93. The molecule has 3 rings (SSSR count). The zero-order chi connectivity index (χ0) is 14.5. The number of aldehydes is 1. The van der Waals surface area contributed by atoms with E-state index in [-0.39, 0.29) is 22.1 Å². The Kier molecular flexibility index (Phi) is 3.36. The molecule has 1 spiro atoms. The van der Waals surface area contributed by atoms with Gasteiger partial charge in [-0.3, -0.25) is 4.68 Å². The van der Waals surface area contributed by atoms with E-state index in [0.29, 0.717) is 18.4 Å². The highest BCUT2D eigenvalue weighted by Crippen LogP contribution is 2.62. The van der Waals surface area contributed by atoms with Crippen LogP contribution >= 0.6 is 23.5 Å². The lowest BCUT2D eigenvalue weighted by molar-refractivity contribution is -0.142. The van der Waals surface area contributed by atoms with Gasteiger partial charge in [0, 0.05) is 17.1 Å². The molecule has 0 amide bonds. The lowest BCUT2D eigenvalue weighted by atomic mass is 10.1. The Labute approximate surface area is 122 Å². The smallest absolute Gasteiger partial charge is 0.301 e. The monoisotopic (exact) mass is 322 g/mol. The van der Waals surface area contributed by atoms with Gasteiger partial charge in [0.15, 0.2) is 5.69 Å². The second kappa shape index (κ2) is 4.69. The van der Waals surface area contributed by atoms with E-state index in [1.54, 1.807) is 23.5 Å². The van der Waals surface area contributed by atoms with Crippen LogP contribution in [0.15, 0.2) is 0 Å². The van der Waals surface area contributed by atoms with Crippen LogP contribution < -0.4 is 0 Å². The van der Waals surface area contributed by atoms with Gasteiger partial charge in [-0.05, 0) is 12.3 Å². The molecule has 0 N–H and O–H groups in total. The molecule has 0 saturated carbocycles. The minimum Gasteiger partial charge on any atom is -0.301 e. The molecule has 20 heavy (non-hydrogen) atoms. The second-order valence-corrected chi connectivity index (χ2v) is 7.93. The van der Waals surface area contributed by atoms with Crippen molar-refractivity contribution < 1.29 is 18.0 Å². The summed E-state index contributed by atoms with van der Waals surface area (Å²) in [6, 6.07) is 0. The van der Waals surface area contributed by atoms with Gasteiger partial charge in [0.2, 0.25) is 0 Å². The summed E-state index contributed by atoms with van der Waals surface area (Å²) >= 11 is 3.37. The number of hydrogen-bond acceptors (Lipinski definition) is 4. The average molecular weight is 322 g/mol. The van der Waals surface area contributed by atoms with E-state index in [0.717, 1.165) is 11.5 Å². The van der Waals surface area contributed by atoms with Crippen molar-refractivity contribution in [3.63, 3.8) is 0 Å². The molecular weight excluding hydrogens is 309 g/mol. The summed E-state index contributed by atoms with van der Waals surface area (Å²) in [5.41, 5.74) is 0.0804. The van der Waals surface area contributed by atoms with Crippen molar-refractivity contribution in [1.82, 2.24) is 9.78 Å². The standard InChI is InChI=1S/C12H13F3N2OS2/c1-7-6-8-9(12(13,14)15)16-17(2-3-18)10(8)11(7)19-4-5-20-11/h3,7H,2,4-6H2,1H3. The number of aromatic nitrogens is 2. The molecular formula is C12H13F3N2OS2. The molecule has 1 unspecified atom stereocenters. The molecule has 1 aromatic heterocycles. The molecule has 1 fully saturated rings. The van der Waals surface area contributed by atoms with Gasteiger partial charge in [-0.15, -0.1) is 23.5 Å². The van der Waals surface area contributed by atoms with Crippen LogP contribution in [0.5, 0.6) is 0 Å². The third-order valence-corrected chi connectivity index (χ3v) is 7.60. The first-order chi connectivity index (χ1) is 9.40. The Morgan fingerprint density at radius 2 is 2.10 bits per heavy atom. The molecule has 8 heteroatoms. The van der Waals surface area contributed by atoms with Crippen LogP contribution in [0.3, 0.4) is 0 Å². The van der Waals surface area contributed by atoms with Gasteiger partial charge in [0.1, 0.15) is 10.4 Å². The van der Waals surface area contributed by atoms with E-state index in [1.165, 1.54) is 4.68 Å². The van der Waals surface area contributed by atoms with Gasteiger partial charge >= 0.3 is 6.18 Å². The fraction of sp³-hybridized carbons (Fsp3) is 0.667. The SMILES string of the molecule is CC1Cc2c(C(F)(F)F)nn(CC=O)c2C12SCCS2. The number of nitrogens with zero attached hydrogens (tertiary/aromatic N) is 2. The fourth-order valence-electron chi connectivity index (χ4n) is 3.04. The van der Waals surface area contributed by atoms with Crippen LogP contribution in [-0.4, -0.2) is 27.6 Å². The third kappa shape index (κ3) is 1.91. The number of fused-ring (bicyclic) bond motifs is 2. The molecule has 0 bridgehead atoms. The Hall–Kier alpha value is -0.630. The van der Waals surface area contributed by atoms with Gasteiger partial charge in [-0.25, -0.2) is 0 Å². The maximum Gasteiger partial charge on any atom is 0.435 e. The molecule has 1 aliphatic carbocycles. The van der Waals surface area contributed by atoms with Gasteiger partial charge < -0.3 is 4.79 Å². The normalized spacial score (nSPS) is 24.3. The van der Waals surface area contributed by atoms with Crippen LogP contribution in [0.2, 0.25) is 0 Å². The topological polar surface area (TPSA) is 34.9 Å². The van der Waals surface area contributed by atoms with Crippen LogP contribution in [0.25, 0.3) is 0 Å². The van der Waals surface area contributed by atoms with Crippen molar-refractivity contribution in [3.05, 3.63) is 17.0 Å². The molecule has 1 saturated heterocycles. The van der Waals surface area contributed by atoms with Crippen LogP contribution in [-0.2, 0) is 28.0 Å². The van der Waals surface area contributed by atoms with E-state index in [2.05, 4.69) is 5.10 Å². The lowest BCUT2D eigenvalue weighted by Crippen LogP contribution is -2.24. The zero-order valence-electron chi connectivity index (χ0n) is 10.7. The van der Waals surface area contributed by atoms with Crippen molar-refractivity contribution in [1.29, 1.82) is 0 Å². The zero-order valence-corrected chi connectivity index (χ0v) is 12.4. The van der Waals surface area contributed by atoms with Crippen molar-refractivity contribution in [2.45, 2.75) is 30.1 Å². The third-order valence-electron chi connectivity index (χ3n) is 3.77. The maximum absolute atomic E-state index is 13.1. The minimum absolute atomic E-state index is 0.117. The van der Waals surface area contributed by atoms with Gasteiger partial charge in [0.05, 0.1) is 12.2 Å². The quantitative estimate of drug-likeness (QED) is 0.784. The highest BCUT2D eigenvalue weighted by Gasteiger charge is 2.54. The number of alkyl halides is 3. The van der Waals surface area contributed by atoms with E-state index < -0.39 is 11.9 Å². The summed E-state index contributed by atoms with van der Waals surface area (Å²) in [5, 5.41) is 3.68. The van der Waals surface area contributed by atoms with Crippen LogP contribution in [0.1, 0.15) is 23.9 Å². The summed E-state index contributed by atoms with van der Waals surface area (Å²) in [7, 11) is 0. The van der Waals surface area contributed by atoms with Crippen LogP contribution in [0, 0.1) is 5.92 Å². The Morgan fingerprint density at radius 3 is 2.65 bits per heavy atom. The molecule has 0 radical (unpaired) electrons. The van der Waals surface area contributed by atoms with Crippen molar-refractivity contribution in [2.75, 3.05) is 11.5 Å². The minimum atomic E-state index is -4.46. The Morgan fingerprint density at radius 1 is 1.45 bits per heavy atom. The van der Waals surface area contributed by atoms with Gasteiger partial charge in [-0.2, -0.15) is 18.3 Å². The number of thioether (sulfide) groups is 2. The van der Waals surface area contributed by atoms with E-state index in [1.807, 2.05) is 6.92 Å². The average Bonchev–Trinajstić information content (AvgIpc) is 3.00. The predicted molar refractivity (Wildman–Crippen MR) is 72.8 cm³/mol.